The molecule has 328 valence electrons. The Hall–Kier alpha value is -7.62. The molecule has 0 aromatic heterocycles. The van der Waals surface area contributed by atoms with Crippen LogP contribution in [0.2, 0.25) is 0 Å². The molecule has 0 bridgehead atoms. The van der Waals surface area contributed by atoms with Crippen molar-refractivity contribution in [3.8, 4) is 56.4 Å². The topological polar surface area (TPSA) is 18.5 Å². The summed E-state index contributed by atoms with van der Waals surface area (Å²) in [6.07, 6.45) is 0. The highest BCUT2D eigenvalue weighted by Crippen LogP contribution is 2.47. The van der Waals surface area contributed by atoms with E-state index in [1.54, 1.807) is 0 Å². The molecule has 0 aliphatic carbocycles. The van der Waals surface area contributed by atoms with Crippen molar-refractivity contribution in [3.05, 3.63) is 234 Å². The lowest BCUT2D eigenvalue weighted by molar-refractivity contribution is 0.462. The summed E-state index contributed by atoms with van der Waals surface area (Å²) in [5.41, 5.74) is 16.3. The molecule has 0 saturated carbocycles. The van der Waals surface area contributed by atoms with Crippen LogP contribution in [0.3, 0.4) is 0 Å². The van der Waals surface area contributed by atoms with Gasteiger partial charge in [-0.1, -0.05) is 217 Å². The summed E-state index contributed by atoms with van der Waals surface area (Å²) in [4.78, 5) is 0. The lowest BCUT2D eigenvalue weighted by Gasteiger charge is -2.35. The van der Waals surface area contributed by atoms with Crippen LogP contribution in [0.1, 0.15) is 75.3 Å². The fourth-order valence-corrected chi connectivity index (χ4v) is 11.1. The zero-order chi connectivity index (χ0) is 46.3. The third-order valence-electron chi connectivity index (χ3n) is 15.2. The number of rotatable bonds is 8. The van der Waals surface area contributed by atoms with Gasteiger partial charge in [-0.3, -0.25) is 0 Å². The maximum Gasteiger partial charge on any atom is 0.260 e. The molecule has 2 nitrogen and oxygen atoms in total. The largest absolute Gasteiger partial charge is 0.458 e. The van der Waals surface area contributed by atoms with E-state index in [0.29, 0.717) is 5.92 Å². The smallest absolute Gasteiger partial charge is 0.260 e. The quantitative estimate of drug-likeness (QED) is 0.112. The maximum atomic E-state index is 7.19. The third kappa shape index (κ3) is 6.78. The molecular weight excluding hydrogens is 824 g/mol. The van der Waals surface area contributed by atoms with Crippen molar-refractivity contribution in [2.45, 2.75) is 58.3 Å². The predicted octanol–water partition coefficient (Wildman–Crippen LogP) is 15.5. The van der Waals surface area contributed by atoms with Crippen LogP contribution in [-0.4, -0.2) is 6.71 Å². The summed E-state index contributed by atoms with van der Waals surface area (Å²) >= 11 is 0. The van der Waals surface area contributed by atoms with Crippen LogP contribution >= 0.6 is 0 Å². The Morgan fingerprint density at radius 2 is 0.750 bits per heavy atom. The van der Waals surface area contributed by atoms with Gasteiger partial charge in [-0.2, -0.15) is 0 Å². The van der Waals surface area contributed by atoms with E-state index in [0.717, 1.165) is 50.5 Å². The van der Waals surface area contributed by atoms with Gasteiger partial charge in [-0.05, 0) is 130 Å². The Kier molecular flexibility index (Phi) is 9.85. The van der Waals surface area contributed by atoms with Gasteiger partial charge in [0.25, 0.3) is 6.71 Å². The molecule has 0 atom stereocenters. The molecule has 0 fully saturated rings. The highest BCUT2D eigenvalue weighted by Gasteiger charge is 2.42. The molecule has 2 heterocycles. The molecule has 12 rings (SSSR count). The third-order valence-corrected chi connectivity index (χ3v) is 15.2. The minimum absolute atomic E-state index is 0.0669. The molecule has 0 saturated heterocycles. The van der Waals surface area contributed by atoms with Gasteiger partial charge in [0.05, 0.1) is 0 Å². The van der Waals surface area contributed by atoms with Gasteiger partial charge in [-0.25, -0.2) is 0 Å². The maximum absolute atomic E-state index is 7.19. The van der Waals surface area contributed by atoms with Crippen molar-refractivity contribution in [2.24, 2.45) is 0 Å². The molecule has 0 radical (unpaired) electrons. The molecule has 10 aromatic carbocycles. The Balaban J connectivity index is 1.06. The average Bonchev–Trinajstić information content (AvgIpc) is 3.37. The van der Waals surface area contributed by atoms with Crippen LogP contribution < -0.4 is 25.9 Å². The fourth-order valence-electron chi connectivity index (χ4n) is 11.1. The summed E-state index contributed by atoms with van der Waals surface area (Å²) in [6.45, 7) is 13.7. The highest BCUT2D eigenvalue weighted by molar-refractivity contribution is 6.98. The lowest BCUT2D eigenvalue weighted by atomic mass is 9.34. The second kappa shape index (κ2) is 16.0. The van der Waals surface area contributed by atoms with Crippen LogP contribution in [0.25, 0.3) is 54.9 Å². The second-order valence-electron chi connectivity index (χ2n) is 20.2. The first-order valence-corrected chi connectivity index (χ1v) is 24.1. The van der Waals surface area contributed by atoms with Gasteiger partial charge < -0.3 is 9.47 Å². The SMILES string of the molecule is CC(C)c1cc(-c2cc3c4c(c2)Oc2cc(C(C)(C)c5ccccc5)ccc2B4c2ccc(C(C)(C)c4ccccc4)cc2O3)cc(-c2c3ccccc3c(-c3ccccc3)c3ccccc23)c1. The second-order valence-corrected chi connectivity index (χ2v) is 20.2. The Labute approximate surface area is 401 Å². The van der Waals surface area contributed by atoms with Crippen LogP contribution in [0.5, 0.6) is 23.0 Å². The first-order valence-electron chi connectivity index (χ1n) is 24.1. The van der Waals surface area contributed by atoms with Crippen molar-refractivity contribution in [2.75, 3.05) is 0 Å². The summed E-state index contributed by atoms with van der Waals surface area (Å²) in [5, 5.41) is 4.97. The number of fused-ring (bicyclic) bond motifs is 6. The van der Waals surface area contributed by atoms with E-state index < -0.39 is 0 Å². The minimum Gasteiger partial charge on any atom is -0.458 e. The van der Waals surface area contributed by atoms with Crippen LogP contribution in [0.4, 0.5) is 0 Å². The summed E-state index contributed by atoms with van der Waals surface area (Å²) in [7, 11) is 0. The van der Waals surface area contributed by atoms with Crippen molar-refractivity contribution in [3.63, 3.8) is 0 Å². The minimum atomic E-state index is -0.236. The Morgan fingerprint density at radius 1 is 0.353 bits per heavy atom. The van der Waals surface area contributed by atoms with Crippen LogP contribution in [0, 0.1) is 0 Å². The van der Waals surface area contributed by atoms with Gasteiger partial charge in [-0.15, -0.1) is 0 Å². The van der Waals surface area contributed by atoms with Gasteiger partial charge in [0, 0.05) is 16.3 Å². The molecule has 68 heavy (non-hydrogen) atoms. The van der Waals surface area contributed by atoms with E-state index in [4.69, 9.17) is 9.47 Å². The number of ether oxygens (including phenoxy) is 2. The standard InChI is InChI=1S/C65H53BO2/c1-41(2)43-34-44(36-46(35-43)62-53-28-18-16-26-51(53)61(42-20-10-7-11-21-42)52-27-17-19-29-54(52)62)45-37-59-63-60(38-45)68-58-40-50(65(5,6)48-24-14-9-15-25-48)31-33-56(58)66(63)55-32-30-49(39-57(55)67-59)64(3,4)47-22-12-8-13-23-47/h7-41H,1-6H3. The fraction of sp³-hybridized carbons (Fsp3) is 0.138. The molecule has 10 aromatic rings. The van der Waals surface area contributed by atoms with E-state index in [1.807, 2.05) is 0 Å². The van der Waals surface area contributed by atoms with E-state index in [2.05, 4.69) is 248 Å². The van der Waals surface area contributed by atoms with Gasteiger partial charge in [0.15, 0.2) is 0 Å². The first kappa shape index (κ1) is 41.8. The summed E-state index contributed by atoms with van der Waals surface area (Å²) in [6, 6.07) is 75.7. The zero-order valence-electron chi connectivity index (χ0n) is 39.6. The normalized spacial score (nSPS) is 12.9. The van der Waals surface area contributed by atoms with Crippen LogP contribution in [-0.2, 0) is 10.8 Å². The van der Waals surface area contributed by atoms with Gasteiger partial charge in [0.1, 0.15) is 23.0 Å². The summed E-state index contributed by atoms with van der Waals surface area (Å²) in [5.74, 6) is 3.75. The van der Waals surface area contributed by atoms with E-state index >= 15 is 0 Å². The molecule has 3 heteroatoms. The molecular formula is C65H53BO2. The molecule has 2 aliphatic heterocycles. The number of hydrogen-bond donors (Lipinski definition) is 0. The van der Waals surface area contributed by atoms with Crippen molar-refractivity contribution in [1.29, 1.82) is 0 Å². The Morgan fingerprint density at radius 3 is 1.21 bits per heavy atom. The van der Waals surface area contributed by atoms with Gasteiger partial charge in [0.2, 0.25) is 0 Å². The predicted molar refractivity (Wildman–Crippen MR) is 287 cm³/mol. The lowest BCUT2D eigenvalue weighted by Crippen LogP contribution is -2.57. The number of benzene rings is 10. The summed E-state index contributed by atoms with van der Waals surface area (Å²) < 4.78 is 14.4. The zero-order valence-corrected chi connectivity index (χ0v) is 39.6. The Bertz CT molecular complexity index is 3410. The van der Waals surface area contributed by atoms with Crippen molar-refractivity contribution >= 4 is 44.6 Å². The molecule has 0 unspecified atom stereocenters. The number of hydrogen-bond acceptors (Lipinski definition) is 2. The molecule has 0 spiro atoms. The van der Waals surface area contributed by atoms with E-state index in [9.17, 15) is 0 Å². The molecule has 0 amide bonds. The van der Waals surface area contributed by atoms with Crippen molar-refractivity contribution in [1.82, 2.24) is 0 Å². The van der Waals surface area contributed by atoms with E-state index in [-0.39, 0.29) is 17.5 Å². The van der Waals surface area contributed by atoms with Crippen LogP contribution in [0.15, 0.2) is 206 Å². The first-order chi connectivity index (χ1) is 33.0. The van der Waals surface area contributed by atoms with E-state index in [1.165, 1.54) is 71.6 Å². The molecule has 0 N–H and O–H groups in total. The monoisotopic (exact) mass is 876 g/mol. The highest BCUT2D eigenvalue weighted by atomic mass is 16.5. The molecule has 2 aliphatic rings. The van der Waals surface area contributed by atoms with Gasteiger partial charge >= 0.3 is 0 Å². The van der Waals surface area contributed by atoms with Crippen molar-refractivity contribution < 1.29 is 9.47 Å². The average molecular weight is 877 g/mol.